The average Bonchev–Trinajstić information content (AvgIpc) is 3.47. The van der Waals surface area contributed by atoms with Crippen LogP contribution in [0, 0.1) is 6.92 Å². The Kier molecular flexibility index (Phi) is 5.94. The largest absolute Gasteiger partial charge is 0.338 e. The van der Waals surface area contributed by atoms with Crippen molar-refractivity contribution in [2.45, 2.75) is 40.2 Å². The number of thiazole rings is 1. The number of carbonyl (C=O) groups is 1. The lowest BCUT2D eigenvalue weighted by molar-refractivity contribution is 0.0759. The van der Waals surface area contributed by atoms with Gasteiger partial charge in [-0.2, -0.15) is 0 Å². The summed E-state index contributed by atoms with van der Waals surface area (Å²) in [5, 5.41) is 3.11. The molecule has 0 radical (unpaired) electrons. The van der Waals surface area contributed by atoms with Gasteiger partial charge in [0.1, 0.15) is 5.69 Å². The van der Waals surface area contributed by atoms with Crippen molar-refractivity contribution in [1.82, 2.24) is 28.8 Å². The lowest BCUT2D eigenvalue weighted by Gasteiger charge is -2.19. The van der Waals surface area contributed by atoms with Gasteiger partial charge in [-0.15, -0.1) is 11.3 Å². The van der Waals surface area contributed by atoms with Crippen molar-refractivity contribution in [3.05, 3.63) is 58.7 Å². The lowest BCUT2D eigenvalue weighted by atomic mass is 10.2. The number of unbranched alkanes of at least 4 members (excludes halogenated alkanes) is 1. The van der Waals surface area contributed by atoms with Gasteiger partial charge in [0.15, 0.2) is 11.5 Å². The lowest BCUT2D eigenvalue weighted by Crippen LogP contribution is -2.32. The Bertz CT molecular complexity index is 1160. The van der Waals surface area contributed by atoms with E-state index in [-0.39, 0.29) is 5.91 Å². The molecule has 30 heavy (non-hydrogen) atoms. The molecule has 0 spiro atoms. The summed E-state index contributed by atoms with van der Waals surface area (Å²) in [5.74, 6) is 0.645. The van der Waals surface area contributed by atoms with Crippen molar-refractivity contribution in [3.63, 3.8) is 0 Å². The van der Waals surface area contributed by atoms with Gasteiger partial charge in [-0.1, -0.05) is 19.4 Å². The molecule has 0 aliphatic carbocycles. The number of amides is 1. The second kappa shape index (κ2) is 8.79. The molecule has 0 unspecified atom stereocenters. The number of imidazole rings is 2. The molecule has 7 nitrogen and oxygen atoms in total. The molecule has 0 aliphatic rings. The van der Waals surface area contributed by atoms with Crippen LogP contribution in [0.3, 0.4) is 0 Å². The molecule has 0 N–H and O–H groups in total. The van der Waals surface area contributed by atoms with Crippen molar-refractivity contribution in [2.24, 2.45) is 0 Å². The minimum Gasteiger partial charge on any atom is -0.338 e. The summed E-state index contributed by atoms with van der Waals surface area (Å²) < 4.78 is 3.94. The molecule has 0 bridgehead atoms. The highest BCUT2D eigenvalue weighted by Gasteiger charge is 2.23. The van der Waals surface area contributed by atoms with Gasteiger partial charge in [0, 0.05) is 30.9 Å². The van der Waals surface area contributed by atoms with Crippen molar-refractivity contribution >= 4 is 22.8 Å². The van der Waals surface area contributed by atoms with E-state index < -0.39 is 0 Å². The molecule has 0 fully saturated rings. The normalized spacial score (nSPS) is 11.3. The van der Waals surface area contributed by atoms with E-state index in [9.17, 15) is 4.79 Å². The third-order valence-electron chi connectivity index (χ3n) is 5.07. The van der Waals surface area contributed by atoms with Crippen molar-refractivity contribution < 1.29 is 4.79 Å². The van der Waals surface area contributed by atoms with E-state index in [2.05, 4.69) is 22.3 Å². The smallest absolute Gasteiger partial charge is 0.274 e. The Balaban J connectivity index is 1.68. The number of aromatic nitrogens is 5. The van der Waals surface area contributed by atoms with E-state index in [0.29, 0.717) is 24.6 Å². The number of rotatable bonds is 8. The summed E-state index contributed by atoms with van der Waals surface area (Å²) in [6, 6.07) is 5.81. The number of fused-ring (bicyclic) bond motifs is 1. The van der Waals surface area contributed by atoms with Gasteiger partial charge in [0.2, 0.25) is 0 Å². The average molecular weight is 423 g/mol. The molecule has 4 rings (SSSR count). The fraction of sp³-hybridized carbons (Fsp3) is 0.364. The highest BCUT2D eigenvalue weighted by molar-refractivity contribution is 7.09. The van der Waals surface area contributed by atoms with Crippen molar-refractivity contribution in [1.29, 1.82) is 0 Å². The molecule has 0 aromatic carbocycles. The first-order valence-electron chi connectivity index (χ1n) is 10.3. The van der Waals surface area contributed by atoms with E-state index in [1.165, 1.54) is 0 Å². The highest BCUT2D eigenvalue weighted by Crippen LogP contribution is 2.23. The van der Waals surface area contributed by atoms with Crippen molar-refractivity contribution in [2.75, 3.05) is 13.1 Å². The molecule has 0 saturated carbocycles. The third-order valence-corrected chi connectivity index (χ3v) is 5.90. The Labute approximate surface area is 180 Å². The first kappa shape index (κ1) is 20.3. The van der Waals surface area contributed by atoms with Gasteiger partial charge in [-0.3, -0.25) is 9.20 Å². The maximum absolute atomic E-state index is 13.2. The molecular formula is C22H26N6OS. The van der Waals surface area contributed by atoms with Crippen LogP contribution >= 0.6 is 11.3 Å². The summed E-state index contributed by atoms with van der Waals surface area (Å²) >= 11 is 1.64. The van der Waals surface area contributed by atoms with Gasteiger partial charge in [-0.05, 0) is 32.4 Å². The van der Waals surface area contributed by atoms with Gasteiger partial charge in [0.05, 0.1) is 29.1 Å². The zero-order valence-corrected chi connectivity index (χ0v) is 18.4. The van der Waals surface area contributed by atoms with Crippen LogP contribution in [0.15, 0.2) is 42.3 Å². The molecule has 0 aliphatic heterocycles. The Hall–Kier alpha value is -3.00. The zero-order valence-electron chi connectivity index (χ0n) is 17.6. The number of pyridine rings is 1. The van der Waals surface area contributed by atoms with Crippen LogP contribution in [-0.4, -0.2) is 47.8 Å². The Morgan fingerprint density at radius 1 is 1.23 bits per heavy atom. The van der Waals surface area contributed by atoms with Crippen LogP contribution in [0.4, 0.5) is 0 Å². The predicted octanol–water partition coefficient (Wildman–Crippen LogP) is 4.27. The van der Waals surface area contributed by atoms with Crippen LogP contribution in [0.1, 0.15) is 47.9 Å². The molecule has 4 heterocycles. The molecule has 4 aromatic heterocycles. The maximum Gasteiger partial charge on any atom is 0.274 e. The predicted molar refractivity (Wildman–Crippen MR) is 119 cm³/mol. The topological polar surface area (TPSA) is 68.3 Å². The fourth-order valence-electron chi connectivity index (χ4n) is 3.51. The molecule has 8 heteroatoms. The number of hydrogen-bond donors (Lipinski definition) is 0. The fourth-order valence-corrected chi connectivity index (χ4v) is 4.11. The summed E-state index contributed by atoms with van der Waals surface area (Å²) in [5.41, 5.74) is 3.03. The standard InChI is InChI=1S/C22H26N6OS/c1-4-6-10-27(5-2)22(29)20-19-9-7-8-11-28(19)21(25-20)18-13-26(15-23-18)12-17-14-30-16(3)24-17/h7-9,11,13-15H,4-6,10,12H2,1-3H3. The summed E-state index contributed by atoms with van der Waals surface area (Å²) in [6.07, 6.45) is 7.71. The SMILES string of the molecule is CCCCN(CC)C(=O)c1nc(-c2cn(Cc3csc(C)n3)cn2)n2ccccc12. The van der Waals surface area contributed by atoms with Crippen LogP contribution < -0.4 is 0 Å². The minimum absolute atomic E-state index is 0.0294. The highest BCUT2D eigenvalue weighted by atomic mass is 32.1. The molecule has 0 atom stereocenters. The second-order valence-corrected chi connectivity index (χ2v) is 8.33. The molecule has 156 valence electrons. The monoisotopic (exact) mass is 422 g/mol. The number of hydrogen-bond acceptors (Lipinski definition) is 5. The molecule has 0 saturated heterocycles. The van der Waals surface area contributed by atoms with Gasteiger partial charge in [0.25, 0.3) is 5.91 Å². The Morgan fingerprint density at radius 3 is 2.83 bits per heavy atom. The van der Waals surface area contributed by atoms with Gasteiger partial charge in [-0.25, -0.2) is 15.0 Å². The number of nitrogens with zero attached hydrogens (tertiary/aromatic N) is 6. The third kappa shape index (κ3) is 4.00. The van der Waals surface area contributed by atoms with E-state index in [4.69, 9.17) is 4.98 Å². The van der Waals surface area contributed by atoms with Crippen molar-refractivity contribution in [3.8, 4) is 11.5 Å². The first-order valence-corrected chi connectivity index (χ1v) is 11.2. The van der Waals surface area contributed by atoms with Crippen LogP contribution in [0.25, 0.3) is 17.0 Å². The van der Waals surface area contributed by atoms with Crippen LogP contribution in [0.2, 0.25) is 0 Å². The van der Waals surface area contributed by atoms with Gasteiger partial charge >= 0.3 is 0 Å². The van der Waals surface area contributed by atoms with E-state index >= 15 is 0 Å². The molecule has 1 amide bonds. The van der Waals surface area contributed by atoms with E-state index in [1.807, 2.05) is 58.3 Å². The zero-order chi connectivity index (χ0) is 21.1. The van der Waals surface area contributed by atoms with Crippen LogP contribution in [-0.2, 0) is 6.54 Å². The Morgan fingerprint density at radius 2 is 2.10 bits per heavy atom. The second-order valence-electron chi connectivity index (χ2n) is 7.27. The van der Waals surface area contributed by atoms with E-state index in [0.717, 1.165) is 41.3 Å². The molecule has 4 aromatic rings. The first-order chi connectivity index (χ1) is 14.6. The van der Waals surface area contributed by atoms with Gasteiger partial charge < -0.3 is 9.47 Å². The summed E-state index contributed by atoms with van der Waals surface area (Å²) in [4.78, 5) is 28.9. The molecular weight excluding hydrogens is 396 g/mol. The maximum atomic E-state index is 13.2. The van der Waals surface area contributed by atoms with E-state index in [1.54, 1.807) is 17.7 Å². The summed E-state index contributed by atoms with van der Waals surface area (Å²) in [6.45, 7) is 8.21. The van der Waals surface area contributed by atoms with Crippen LogP contribution in [0.5, 0.6) is 0 Å². The number of carbonyl (C=O) groups excluding carboxylic acids is 1. The minimum atomic E-state index is -0.0294. The summed E-state index contributed by atoms with van der Waals surface area (Å²) in [7, 11) is 0. The number of aryl methyl sites for hydroxylation is 1. The quantitative estimate of drug-likeness (QED) is 0.425.